The van der Waals surface area contributed by atoms with Gasteiger partial charge in [-0.25, -0.2) is 9.48 Å². The molecule has 1 aromatic heterocycles. The molecule has 0 bridgehead atoms. The molecule has 2 N–H and O–H groups in total. The van der Waals surface area contributed by atoms with Crippen molar-refractivity contribution in [1.29, 1.82) is 0 Å². The third-order valence-electron chi connectivity index (χ3n) is 8.08. The van der Waals surface area contributed by atoms with Gasteiger partial charge < -0.3 is 20.1 Å². The van der Waals surface area contributed by atoms with Crippen molar-refractivity contribution >= 4 is 57.6 Å². The van der Waals surface area contributed by atoms with E-state index in [4.69, 9.17) is 21.1 Å². The summed E-state index contributed by atoms with van der Waals surface area (Å²) in [6.45, 7) is 9.39. The van der Waals surface area contributed by atoms with E-state index in [2.05, 4.69) is 20.9 Å². The van der Waals surface area contributed by atoms with Gasteiger partial charge in [-0.05, 0) is 80.4 Å². The molecule has 0 spiro atoms. The number of nitrogens with zero attached hydrogens (tertiary/aromatic N) is 3. The molecule has 0 aliphatic rings. The molecule has 5 rings (SSSR count). The first-order chi connectivity index (χ1) is 24.3. The summed E-state index contributed by atoms with van der Waals surface area (Å²) >= 11 is 6.46. The number of para-hydroxylation sites is 1. The van der Waals surface area contributed by atoms with E-state index in [1.54, 1.807) is 81.4 Å². The van der Waals surface area contributed by atoms with Crippen LogP contribution in [0.1, 0.15) is 55.1 Å². The van der Waals surface area contributed by atoms with Crippen molar-refractivity contribution in [3.63, 3.8) is 0 Å². The van der Waals surface area contributed by atoms with E-state index < -0.39 is 23.2 Å². The number of ketones is 1. The molecule has 1 atom stereocenters. The Morgan fingerprint density at radius 1 is 0.902 bits per heavy atom. The summed E-state index contributed by atoms with van der Waals surface area (Å²) < 4.78 is 12.7. The third-order valence-corrected chi connectivity index (χ3v) is 8.40. The first-order valence-corrected chi connectivity index (χ1v) is 16.9. The minimum absolute atomic E-state index is 0.159. The smallest absolute Gasteiger partial charge is 0.343 e. The Balaban J connectivity index is 1.27. The molecule has 4 aromatic carbocycles. The molecule has 11 nitrogen and oxygen atoms in total. The molecule has 0 aliphatic carbocycles. The molecule has 1 unspecified atom stereocenters. The lowest BCUT2D eigenvalue weighted by atomic mass is 9.82. The fourth-order valence-corrected chi connectivity index (χ4v) is 5.55. The van der Waals surface area contributed by atoms with Crippen LogP contribution in [0.5, 0.6) is 11.5 Å². The van der Waals surface area contributed by atoms with Gasteiger partial charge >= 0.3 is 5.97 Å². The summed E-state index contributed by atoms with van der Waals surface area (Å²) in [7, 11) is 0. The van der Waals surface area contributed by atoms with Gasteiger partial charge in [0.25, 0.3) is 0 Å². The molecule has 0 saturated heterocycles. The highest BCUT2D eigenvalue weighted by Crippen LogP contribution is 2.29. The van der Waals surface area contributed by atoms with Crippen LogP contribution in [-0.4, -0.2) is 45.2 Å². The van der Waals surface area contributed by atoms with Crippen LogP contribution >= 0.6 is 11.6 Å². The second kappa shape index (κ2) is 16.0. The Kier molecular flexibility index (Phi) is 11.5. The Hall–Kier alpha value is -5.55. The van der Waals surface area contributed by atoms with E-state index in [9.17, 15) is 19.2 Å². The van der Waals surface area contributed by atoms with Crippen molar-refractivity contribution in [2.24, 2.45) is 11.3 Å². The summed E-state index contributed by atoms with van der Waals surface area (Å²) in [6.07, 6.45) is 0.717. The minimum Gasteiger partial charge on any atom is -0.493 e. The maximum absolute atomic E-state index is 13.8. The van der Waals surface area contributed by atoms with Crippen LogP contribution in [0.15, 0.2) is 84.9 Å². The van der Waals surface area contributed by atoms with Gasteiger partial charge in [0.1, 0.15) is 22.9 Å². The van der Waals surface area contributed by atoms with Crippen LogP contribution in [0.25, 0.3) is 11.0 Å². The van der Waals surface area contributed by atoms with E-state index in [-0.39, 0.29) is 40.9 Å². The number of nitrogens with one attached hydrogen (secondary N) is 2. The molecule has 51 heavy (non-hydrogen) atoms. The predicted octanol–water partition coefficient (Wildman–Crippen LogP) is 7.59. The first-order valence-electron chi connectivity index (χ1n) is 16.5. The quantitative estimate of drug-likeness (QED) is 0.0551. The van der Waals surface area contributed by atoms with Crippen LogP contribution in [0.2, 0.25) is 5.02 Å². The normalized spacial score (nSPS) is 11.9. The van der Waals surface area contributed by atoms with Gasteiger partial charge in [-0.15, -0.1) is 5.10 Å². The highest BCUT2D eigenvalue weighted by atomic mass is 35.5. The summed E-state index contributed by atoms with van der Waals surface area (Å²) in [5.74, 6) is -1.80. The van der Waals surface area contributed by atoms with Gasteiger partial charge in [0.05, 0.1) is 34.9 Å². The number of aromatic nitrogens is 3. The molecular weight excluding hydrogens is 670 g/mol. The van der Waals surface area contributed by atoms with E-state index in [1.165, 1.54) is 4.68 Å². The van der Waals surface area contributed by atoms with E-state index in [1.807, 2.05) is 38.1 Å². The lowest BCUT2D eigenvalue weighted by molar-refractivity contribution is -0.137. The molecular formula is C39H40ClN5O6. The van der Waals surface area contributed by atoms with Gasteiger partial charge in [-0.3, -0.25) is 14.4 Å². The van der Waals surface area contributed by atoms with Crippen LogP contribution in [0, 0.1) is 25.2 Å². The van der Waals surface area contributed by atoms with E-state index in [0.717, 1.165) is 16.9 Å². The number of carbonyl (C=O) groups excluding carboxylic acids is 4. The molecule has 264 valence electrons. The number of hydrogen-bond donors (Lipinski definition) is 2. The van der Waals surface area contributed by atoms with Crippen LogP contribution in [0.4, 0.5) is 11.4 Å². The molecule has 0 saturated carbocycles. The second-order valence-corrected chi connectivity index (χ2v) is 13.7. The van der Waals surface area contributed by atoms with Crippen molar-refractivity contribution in [1.82, 2.24) is 15.0 Å². The van der Waals surface area contributed by atoms with Crippen LogP contribution < -0.4 is 20.1 Å². The van der Waals surface area contributed by atoms with Gasteiger partial charge in [-0.2, -0.15) is 0 Å². The number of halogens is 1. The number of carbonyl (C=O) groups is 4. The van der Waals surface area contributed by atoms with Gasteiger partial charge in [-0.1, -0.05) is 73.5 Å². The van der Waals surface area contributed by atoms with Crippen molar-refractivity contribution in [2.45, 2.75) is 54.0 Å². The molecule has 1 heterocycles. The highest BCUT2D eigenvalue weighted by Gasteiger charge is 2.36. The molecule has 5 aromatic rings. The van der Waals surface area contributed by atoms with Crippen LogP contribution in [0.3, 0.4) is 0 Å². The summed E-state index contributed by atoms with van der Waals surface area (Å²) in [5, 5.41) is 14.2. The molecule has 2 amide bonds. The number of aryl methyl sites for hydroxylation is 2. The van der Waals surface area contributed by atoms with Crippen LogP contribution in [-0.2, 0) is 20.9 Å². The molecule has 0 aliphatic heterocycles. The summed E-state index contributed by atoms with van der Waals surface area (Å²) in [6, 6.07) is 24.1. The standard InChI is InChI=1S/C39H40ClN5O6/c1-24-13-18-34(25(2)20-24)50-19-9-12-35(46)41-27-15-16-30(40)32(22-27)42-37(48)29(36(47)39(3,4)5)23-45-33-21-26(14-17-31(33)43-44-45)38(49)51-28-10-7-6-8-11-28/h6-8,10-11,13-18,20-22,29H,9,12,19,23H2,1-5H3,(H,41,46)(H,42,48). The van der Waals surface area contributed by atoms with Crippen molar-refractivity contribution in [2.75, 3.05) is 17.2 Å². The number of anilines is 2. The summed E-state index contributed by atoms with van der Waals surface area (Å²) in [5.41, 5.74) is 3.10. The number of fused-ring (bicyclic) bond motifs is 1. The number of esters is 1. The maximum atomic E-state index is 13.8. The van der Waals surface area contributed by atoms with Crippen molar-refractivity contribution < 1.29 is 28.7 Å². The topological polar surface area (TPSA) is 142 Å². The van der Waals surface area contributed by atoms with Gasteiger partial charge in [0.15, 0.2) is 5.78 Å². The Labute approximate surface area is 301 Å². The zero-order valence-corrected chi connectivity index (χ0v) is 29.9. The fourth-order valence-electron chi connectivity index (χ4n) is 5.38. The number of amides is 2. The highest BCUT2D eigenvalue weighted by molar-refractivity contribution is 6.34. The molecule has 12 heteroatoms. The number of rotatable bonds is 13. The minimum atomic E-state index is -1.21. The van der Waals surface area contributed by atoms with Gasteiger partial charge in [0, 0.05) is 17.5 Å². The average molecular weight is 710 g/mol. The Bertz CT molecular complexity index is 2070. The first kappa shape index (κ1) is 36.7. The SMILES string of the molecule is Cc1ccc(OCCCC(=O)Nc2ccc(Cl)c(NC(=O)C(Cn3nnc4ccc(C(=O)Oc5ccccc5)cc43)C(=O)C(C)(C)C)c2)c(C)c1. The Morgan fingerprint density at radius 2 is 1.67 bits per heavy atom. The second-order valence-electron chi connectivity index (χ2n) is 13.3. The number of benzene rings is 4. The lowest BCUT2D eigenvalue weighted by Crippen LogP contribution is -2.39. The van der Waals surface area contributed by atoms with E-state index in [0.29, 0.717) is 35.5 Å². The number of Topliss-reactive ketones (excluding diaryl/α,β-unsaturated/α-hetero) is 1. The fraction of sp³-hybridized carbons (Fsp3) is 0.282. The lowest BCUT2D eigenvalue weighted by Gasteiger charge is -2.24. The molecule has 0 radical (unpaired) electrons. The molecule has 0 fully saturated rings. The third kappa shape index (κ3) is 9.58. The largest absolute Gasteiger partial charge is 0.493 e. The van der Waals surface area contributed by atoms with Crippen molar-refractivity contribution in [3.8, 4) is 11.5 Å². The zero-order chi connectivity index (χ0) is 36.7. The Morgan fingerprint density at radius 3 is 2.39 bits per heavy atom. The monoisotopic (exact) mass is 709 g/mol. The number of hydrogen-bond acceptors (Lipinski definition) is 8. The van der Waals surface area contributed by atoms with E-state index >= 15 is 0 Å². The maximum Gasteiger partial charge on any atom is 0.343 e. The summed E-state index contributed by atoms with van der Waals surface area (Å²) in [4.78, 5) is 53.1. The average Bonchev–Trinajstić information content (AvgIpc) is 3.49. The van der Waals surface area contributed by atoms with Crippen molar-refractivity contribution in [3.05, 3.63) is 107 Å². The van der Waals surface area contributed by atoms with Gasteiger partial charge in [0.2, 0.25) is 11.8 Å². The predicted molar refractivity (Wildman–Crippen MR) is 196 cm³/mol. The number of ether oxygens (including phenoxy) is 2. The zero-order valence-electron chi connectivity index (χ0n) is 29.2.